The molecule has 1 N–H and O–H groups in total. The average molecular weight is 321 g/mol. The summed E-state index contributed by atoms with van der Waals surface area (Å²) >= 11 is 0. The number of aromatic nitrogens is 4. The highest BCUT2D eigenvalue weighted by Crippen LogP contribution is 2.14. The Morgan fingerprint density at radius 1 is 1.27 bits per heavy atom. The van der Waals surface area contributed by atoms with Crippen molar-refractivity contribution >= 4 is 10.0 Å². The zero-order chi connectivity index (χ0) is 15.6. The second-order valence-corrected chi connectivity index (χ2v) is 7.25. The maximum Gasteiger partial charge on any atom is 0.242 e. The fourth-order valence-electron chi connectivity index (χ4n) is 2.61. The van der Waals surface area contributed by atoms with E-state index in [1.807, 2.05) is 6.92 Å². The van der Waals surface area contributed by atoms with Gasteiger partial charge in [0, 0.05) is 38.3 Å². The number of nitrogens with zero attached hydrogens (tertiary/aromatic N) is 4. The Morgan fingerprint density at radius 2 is 2.14 bits per heavy atom. The zero-order valence-corrected chi connectivity index (χ0v) is 13.3. The topological polar surface area (TPSA) is 89.8 Å². The second-order valence-electron chi connectivity index (χ2n) is 5.49. The molecule has 0 bridgehead atoms. The lowest BCUT2D eigenvalue weighted by Crippen LogP contribution is -2.27. The van der Waals surface area contributed by atoms with E-state index in [1.165, 1.54) is 6.20 Å². The molecular weight excluding hydrogens is 302 g/mol. The molecule has 0 aromatic carbocycles. The average Bonchev–Trinajstić information content (AvgIpc) is 2.91. The van der Waals surface area contributed by atoms with Crippen molar-refractivity contribution in [2.45, 2.75) is 44.0 Å². The Bertz CT molecular complexity index is 769. The van der Waals surface area contributed by atoms with Gasteiger partial charge in [-0.3, -0.25) is 4.98 Å². The molecule has 118 valence electrons. The van der Waals surface area contributed by atoms with Crippen LogP contribution < -0.4 is 4.72 Å². The molecule has 0 radical (unpaired) electrons. The van der Waals surface area contributed by atoms with Gasteiger partial charge in [-0.25, -0.2) is 13.1 Å². The Kier molecular flexibility index (Phi) is 4.21. The monoisotopic (exact) mass is 321 g/mol. The molecule has 1 aliphatic rings. The maximum atomic E-state index is 12.2. The molecule has 22 heavy (non-hydrogen) atoms. The second kappa shape index (κ2) is 6.13. The maximum absolute atomic E-state index is 12.2. The summed E-state index contributed by atoms with van der Waals surface area (Å²) in [5.74, 6) is 1.85. The summed E-state index contributed by atoms with van der Waals surface area (Å²) in [6.45, 7) is 3.04. The number of rotatable bonds is 5. The van der Waals surface area contributed by atoms with Crippen LogP contribution in [0.25, 0.3) is 0 Å². The number of fused-ring (bicyclic) bond motifs is 1. The summed E-state index contributed by atoms with van der Waals surface area (Å²) in [6, 6.07) is 1.61. The minimum atomic E-state index is -3.53. The van der Waals surface area contributed by atoms with Gasteiger partial charge < -0.3 is 4.57 Å². The number of hydrogen-bond acceptors (Lipinski definition) is 5. The van der Waals surface area contributed by atoms with Crippen molar-refractivity contribution in [2.24, 2.45) is 0 Å². The highest BCUT2D eigenvalue weighted by atomic mass is 32.2. The summed E-state index contributed by atoms with van der Waals surface area (Å²) in [7, 11) is -3.53. The fourth-order valence-corrected chi connectivity index (χ4v) is 3.69. The third-order valence-electron chi connectivity index (χ3n) is 3.74. The summed E-state index contributed by atoms with van der Waals surface area (Å²) < 4.78 is 29.1. The first kappa shape index (κ1) is 15.1. The van der Waals surface area contributed by atoms with Crippen LogP contribution in [0, 0.1) is 6.92 Å². The molecule has 7 nitrogen and oxygen atoms in total. The Hall–Kier alpha value is -1.80. The number of sulfonamides is 1. The van der Waals surface area contributed by atoms with Gasteiger partial charge in [-0.2, -0.15) is 0 Å². The van der Waals surface area contributed by atoms with Crippen molar-refractivity contribution in [1.29, 1.82) is 0 Å². The lowest BCUT2D eigenvalue weighted by Gasteiger charge is -2.14. The van der Waals surface area contributed by atoms with Gasteiger partial charge in [-0.05, 0) is 31.4 Å². The van der Waals surface area contributed by atoms with Gasteiger partial charge in [0.1, 0.15) is 16.5 Å². The van der Waals surface area contributed by atoms with Gasteiger partial charge in [0.2, 0.25) is 10.0 Å². The molecule has 2 aromatic rings. The van der Waals surface area contributed by atoms with Crippen molar-refractivity contribution in [3.8, 4) is 0 Å². The molecule has 3 rings (SSSR count). The van der Waals surface area contributed by atoms with Gasteiger partial charge in [0.05, 0.1) is 0 Å². The van der Waals surface area contributed by atoms with Crippen molar-refractivity contribution < 1.29 is 8.42 Å². The molecule has 0 saturated carbocycles. The van der Waals surface area contributed by atoms with Crippen LogP contribution in [0.4, 0.5) is 0 Å². The first-order valence-electron chi connectivity index (χ1n) is 7.38. The molecule has 0 aliphatic carbocycles. The van der Waals surface area contributed by atoms with Crippen LogP contribution in [0.3, 0.4) is 0 Å². The van der Waals surface area contributed by atoms with E-state index in [0.29, 0.717) is 13.0 Å². The molecule has 0 amide bonds. The van der Waals surface area contributed by atoms with Crippen molar-refractivity contribution in [3.63, 3.8) is 0 Å². The van der Waals surface area contributed by atoms with Crippen LogP contribution in [0.2, 0.25) is 0 Å². The lowest BCUT2D eigenvalue weighted by molar-refractivity contribution is 0.506. The molecule has 0 spiro atoms. The first-order chi connectivity index (χ1) is 10.6. The van der Waals surface area contributed by atoms with Crippen LogP contribution in [0.15, 0.2) is 23.4 Å². The Labute approximate surface area is 129 Å². The molecule has 2 aromatic heterocycles. The summed E-state index contributed by atoms with van der Waals surface area (Å²) in [6.07, 6.45) is 6.73. The molecule has 3 heterocycles. The van der Waals surface area contributed by atoms with E-state index in [9.17, 15) is 8.42 Å². The van der Waals surface area contributed by atoms with Crippen molar-refractivity contribution in [2.75, 3.05) is 6.54 Å². The summed E-state index contributed by atoms with van der Waals surface area (Å²) in [5, 5.41) is 8.34. The van der Waals surface area contributed by atoms with Crippen molar-refractivity contribution in [1.82, 2.24) is 24.5 Å². The molecule has 0 unspecified atom stereocenters. The van der Waals surface area contributed by atoms with E-state index >= 15 is 0 Å². The smallest absolute Gasteiger partial charge is 0.242 e. The van der Waals surface area contributed by atoms with E-state index in [1.54, 1.807) is 12.3 Å². The molecule has 0 fully saturated rings. The lowest BCUT2D eigenvalue weighted by atomic mass is 10.1. The third-order valence-corrected chi connectivity index (χ3v) is 5.17. The van der Waals surface area contributed by atoms with Crippen molar-refractivity contribution in [3.05, 3.63) is 35.7 Å². The minimum absolute atomic E-state index is 0.191. The van der Waals surface area contributed by atoms with Gasteiger partial charge >= 0.3 is 0 Å². The number of nitrogens with one attached hydrogen (secondary N) is 1. The van der Waals surface area contributed by atoms with Crippen LogP contribution in [-0.4, -0.2) is 34.7 Å². The van der Waals surface area contributed by atoms with E-state index in [4.69, 9.17) is 0 Å². The van der Waals surface area contributed by atoms with Gasteiger partial charge in [-0.1, -0.05) is 0 Å². The Balaban J connectivity index is 1.64. The molecular formula is C14H19N5O2S. The van der Waals surface area contributed by atoms with Crippen LogP contribution >= 0.6 is 0 Å². The van der Waals surface area contributed by atoms with Gasteiger partial charge in [-0.15, -0.1) is 10.2 Å². The predicted octanol–water partition coefficient (Wildman–Crippen LogP) is 0.839. The molecule has 1 aliphatic heterocycles. The highest BCUT2D eigenvalue weighted by Gasteiger charge is 2.17. The van der Waals surface area contributed by atoms with Gasteiger partial charge in [0.25, 0.3) is 0 Å². The SMILES string of the molecule is Cc1cncc(S(=O)(=O)NCCc2nnc3n2CCCC3)c1. The third kappa shape index (κ3) is 3.17. The number of hydrogen-bond donors (Lipinski definition) is 1. The first-order valence-corrected chi connectivity index (χ1v) is 8.87. The van der Waals surface area contributed by atoms with E-state index in [2.05, 4.69) is 24.5 Å². The molecule has 8 heteroatoms. The molecule has 0 atom stereocenters. The quantitative estimate of drug-likeness (QED) is 0.881. The summed E-state index contributed by atoms with van der Waals surface area (Å²) in [4.78, 5) is 4.11. The molecule has 0 saturated heterocycles. The Morgan fingerprint density at radius 3 is 2.95 bits per heavy atom. The minimum Gasteiger partial charge on any atom is -0.315 e. The normalized spacial score (nSPS) is 14.8. The fraction of sp³-hybridized carbons (Fsp3) is 0.500. The van der Waals surface area contributed by atoms with Crippen LogP contribution in [0.1, 0.15) is 30.1 Å². The highest BCUT2D eigenvalue weighted by molar-refractivity contribution is 7.89. The predicted molar refractivity (Wildman–Crippen MR) is 80.8 cm³/mol. The van der Waals surface area contributed by atoms with E-state index in [-0.39, 0.29) is 4.90 Å². The standard InChI is InChI=1S/C14H19N5O2S/c1-11-8-12(10-15-9-11)22(20,21)16-6-5-14-18-17-13-4-2-3-7-19(13)14/h8-10,16H,2-7H2,1H3. The zero-order valence-electron chi connectivity index (χ0n) is 12.5. The van der Waals surface area contributed by atoms with Crippen LogP contribution in [0.5, 0.6) is 0 Å². The van der Waals surface area contributed by atoms with Gasteiger partial charge in [0.15, 0.2) is 0 Å². The number of pyridine rings is 1. The van der Waals surface area contributed by atoms with E-state index in [0.717, 1.165) is 43.0 Å². The largest absolute Gasteiger partial charge is 0.315 e. The number of aryl methyl sites for hydroxylation is 2. The summed E-state index contributed by atoms with van der Waals surface area (Å²) in [5.41, 5.74) is 0.814. The van der Waals surface area contributed by atoms with E-state index < -0.39 is 10.0 Å². The van der Waals surface area contributed by atoms with Crippen LogP contribution in [-0.2, 0) is 29.4 Å².